The smallest absolute Gasteiger partial charge is 0.252 e. The van der Waals surface area contributed by atoms with Crippen molar-refractivity contribution >= 4 is 5.91 Å². The Morgan fingerprint density at radius 1 is 1.25 bits per heavy atom. The molecule has 4 heteroatoms. The van der Waals surface area contributed by atoms with E-state index in [1.807, 2.05) is 6.92 Å². The van der Waals surface area contributed by atoms with Gasteiger partial charge in [0.15, 0.2) is 5.75 Å². The number of methoxy groups -OCH3 is 1. The third kappa shape index (κ3) is 4.21. The van der Waals surface area contributed by atoms with E-state index in [2.05, 4.69) is 5.48 Å². The van der Waals surface area contributed by atoms with Crippen LogP contribution < -0.4 is 15.1 Å². The van der Waals surface area contributed by atoms with Crippen LogP contribution in [0.25, 0.3) is 0 Å². The van der Waals surface area contributed by atoms with E-state index >= 15 is 0 Å². The van der Waals surface area contributed by atoms with Crippen LogP contribution in [-0.4, -0.2) is 13.0 Å². The lowest BCUT2D eigenvalue weighted by Gasteiger charge is -2.07. The van der Waals surface area contributed by atoms with Crippen molar-refractivity contribution in [3.05, 3.63) is 24.3 Å². The van der Waals surface area contributed by atoms with Crippen molar-refractivity contribution < 1.29 is 14.4 Å². The largest absolute Gasteiger partial charge is 0.497 e. The average molecular weight is 223 g/mol. The number of hydrogen-bond donors (Lipinski definition) is 1. The molecule has 1 aromatic rings. The number of ether oxygens (including phenoxy) is 1. The maximum Gasteiger partial charge on any atom is 0.252 e. The molecule has 0 aliphatic rings. The maximum atomic E-state index is 11.2. The van der Waals surface area contributed by atoms with Gasteiger partial charge in [-0.3, -0.25) is 4.79 Å². The van der Waals surface area contributed by atoms with Gasteiger partial charge in [-0.2, -0.15) is 5.48 Å². The van der Waals surface area contributed by atoms with Gasteiger partial charge < -0.3 is 9.57 Å². The molecule has 0 atom stereocenters. The second kappa shape index (κ2) is 6.71. The lowest BCUT2D eigenvalue weighted by atomic mass is 10.2. The zero-order valence-corrected chi connectivity index (χ0v) is 9.66. The fraction of sp³-hybridized carbons (Fsp3) is 0.417. The summed E-state index contributed by atoms with van der Waals surface area (Å²) in [6.07, 6.45) is 2.36. The fourth-order valence-corrected chi connectivity index (χ4v) is 1.15. The zero-order chi connectivity index (χ0) is 11.8. The first-order chi connectivity index (χ1) is 7.76. The number of hydrogen-bond acceptors (Lipinski definition) is 3. The van der Waals surface area contributed by atoms with Crippen molar-refractivity contribution in [2.75, 3.05) is 7.11 Å². The molecule has 0 spiro atoms. The minimum Gasteiger partial charge on any atom is -0.497 e. The van der Waals surface area contributed by atoms with Gasteiger partial charge in [-0.15, -0.1) is 0 Å². The molecule has 1 aromatic carbocycles. The Hall–Kier alpha value is -1.71. The molecule has 16 heavy (non-hydrogen) atoms. The van der Waals surface area contributed by atoms with Gasteiger partial charge in [-0.05, 0) is 30.7 Å². The van der Waals surface area contributed by atoms with Gasteiger partial charge in [0.05, 0.1) is 7.11 Å². The van der Waals surface area contributed by atoms with Crippen LogP contribution in [-0.2, 0) is 4.79 Å². The van der Waals surface area contributed by atoms with Gasteiger partial charge in [0.1, 0.15) is 5.75 Å². The standard InChI is InChI=1S/C12H17NO3/c1-3-4-5-12(14)13-16-11-8-6-10(15-2)7-9-11/h6-9H,3-5H2,1-2H3,(H,13,14). The number of amides is 1. The highest BCUT2D eigenvalue weighted by atomic mass is 16.7. The number of carbonyl (C=O) groups excluding carboxylic acids is 1. The van der Waals surface area contributed by atoms with Crippen molar-refractivity contribution in [1.29, 1.82) is 0 Å². The first-order valence-electron chi connectivity index (χ1n) is 5.36. The Morgan fingerprint density at radius 3 is 2.44 bits per heavy atom. The van der Waals surface area contributed by atoms with Gasteiger partial charge in [0.25, 0.3) is 5.91 Å². The highest BCUT2D eigenvalue weighted by Gasteiger charge is 2.01. The Bertz CT molecular complexity index is 322. The molecule has 0 aliphatic carbocycles. The quantitative estimate of drug-likeness (QED) is 0.753. The molecule has 0 fully saturated rings. The first kappa shape index (κ1) is 12.4. The third-order valence-corrected chi connectivity index (χ3v) is 2.10. The average Bonchev–Trinajstić information content (AvgIpc) is 2.34. The van der Waals surface area contributed by atoms with E-state index in [1.54, 1.807) is 31.4 Å². The molecule has 0 heterocycles. The van der Waals surface area contributed by atoms with E-state index in [-0.39, 0.29) is 5.91 Å². The third-order valence-electron chi connectivity index (χ3n) is 2.10. The predicted molar refractivity (Wildman–Crippen MR) is 61.3 cm³/mol. The Kier molecular flexibility index (Phi) is 5.19. The van der Waals surface area contributed by atoms with Gasteiger partial charge in [0, 0.05) is 6.42 Å². The SMILES string of the molecule is CCCCC(=O)NOc1ccc(OC)cc1. The normalized spacial score (nSPS) is 9.62. The highest BCUT2D eigenvalue weighted by Crippen LogP contribution is 2.16. The Labute approximate surface area is 95.5 Å². The molecule has 88 valence electrons. The maximum absolute atomic E-state index is 11.2. The number of unbranched alkanes of at least 4 members (excludes halogenated alkanes) is 1. The van der Waals surface area contributed by atoms with Crippen LogP contribution in [0.2, 0.25) is 0 Å². The molecule has 1 rings (SSSR count). The van der Waals surface area contributed by atoms with Crippen molar-refractivity contribution in [1.82, 2.24) is 5.48 Å². The predicted octanol–water partition coefficient (Wildman–Crippen LogP) is 2.30. The van der Waals surface area contributed by atoms with E-state index in [4.69, 9.17) is 9.57 Å². The summed E-state index contributed by atoms with van der Waals surface area (Å²) >= 11 is 0. The minimum atomic E-state index is -0.0994. The van der Waals surface area contributed by atoms with Crippen molar-refractivity contribution in [2.45, 2.75) is 26.2 Å². The summed E-state index contributed by atoms with van der Waals surface area (Å²) in [5.74, 6) is 1.24. The zero-order valence-electron chi connectivity index (χ0n) is 9.66. The molecule has 0 bridgehead atoms. The molecule has 0 saturated carbocycles. The van der Waals surface area contributed by atoms with Gasteiger partial charge in [-0.1, -0.05) is 13.3 Å². The summed E-state index contributed by atoms with van der Waals surface area (Å²) in [5, 5.41) is 0. The van der Waals surface area contributed by atoms with Crippen molar-refractivity contribution in [2.24, 2.45) is 0 Å². The molecule has 1 amide bonds. The van der Waals surface area contributed by atoms with Crippen LogP contribution in [0.5, 0.6) is 11.5 Å². The number of benzene rings is 1. The van der Waals surface area contributed by atoms with Gasteiger partial charge in [0.2, 0.25) is 0 Å². The van der Waals surface area contributed by atoms with Crippen LogP contribution in [0, 0.1) is 0 Å². The number of hydroxylamine groups is 1. The van der Waals surface area contributed by atoms with E-state index in [1.165, 1.54) is 0 Å². The van der Waals surface area contributed by atoms with E-state index in [0.29, 0.717) is 12.2 Å². The Morgan fingerprint density at radius 2 is 1.88 bits per heavy atom. The summed E-state index contributed by atoms with van der Waals surface area (Å²) in [7, 11) is 1.60. The number of rotatable bonds is 6. The molecule has 0 aromatic heterocycles. The second-order valence-electron chi connectivity index (χ2n) is 3.41. The fourth-order valence-electron chi connectivity index (χ4n) is 1.15. The van der Waals surface area contributed by atoms with E-state index < -0.39 is 0 Å². The topological polar surface area (TPSA) is 47.6 Å². The summed E-state index contributed by atoms with van der Waals surface area (Å²) in [6, 6.07) is 7.01. The molecule has 0 radical (unpaired) electrons. The summed E-state index contributed by atoms with van der Waals surface area (Å²) in [4.78, 5) is 16.3. The van der Waals surface area contributed by atoms with E-state index in [0.717, 1.165) is 18.6 Å². The van der Waals surface area contributed by atoms with Crippen LogP contribution >= 0.6 is 0 Å². The lowest BCUT2D eigenvalue weighted by molar-refractivity contribution is -0.127. The monoisotopic (exact) mass is 223 g/mol. The molecular formula is C12H17NO3. The molecule has 0 aliphatic heterocycles. The Balaban J connectivity index is 2.33. The van der Waals surface area contributed by atoms with Crippen LogP contribution in [0.3, 0.4) is 0 Å². The van der Waals surface area contributed by atoms with Crippen LogP contribution in [0.15, 0.2) is 24.3 Å². The second-order valence-corrected chi connectivity index (χ2v) is 3.41. The summed E-state index contributed by atoms with van der Waals surface area (Å²) < 4.78 is 5.00. The van der Waals surface area contributed by atoms with Crippen LogP contribution in [0.1, 0.15) is 26.2 Å². The molecule has 1 N–H and O–H groups in total. The summed E-state index contributed by atoms with van der Waals surface area (Å²) in [5.41, 5.74) is 2.39. The van der Waals surface area contributed by atoms with Crippen molar-refractivity contribution in [3.8, 4) is 11.5 Å². The number of nitrogens with one attached hydrogen (secondary N) is 1. The lowest BCUT2D eigenvalue weighted by Crippen LogP contribution is -2.26. The van der Waals surface area contributed by atoms with Crippen LogP contribution in [0.4, 0.5) is 0 Å². The van der Waals surface area contributed by atoms with E-state index in [9.17, 15) is 4.79 Å². The highest BCUT2D eigenvalue weighted by molar-refractivity contribution is 5.74. The molecule has 4 nitrogen and oxygen atoms in total. The molecular weight excluding hydrogens is 206 g/mol. The molecule has 0 unspecified atom stereocenters. The van der Waals surface area contributed by atoms with Gasteiger partial charge >= 0.3 is 0 Å². The van der Waals surface area contributed by atoms with Crippen molar-refractivity contribution in [3.63, 3.8) is 0 Å². The summed E-state index contributed by atoms with van der Waals surface area (Å²) in [6.45, 7) is 2.04. The minimum absolute atomic E-state index is 0.0994. The molecule has 0 saturated heterocycles. The number of carbonyl (C=O) groups is 1. The van der Waals surface area contributed by atoms with Gasteiger partial charge in [-0.25, -0.2) is 0 Å². The first-order valence-corrected chi connectivity index (χ1v) is 5.36.